The molecule has 3 saturated heterocycles. The van der Waals surface area contributed by atoms with Gasteiger partial charge in [-0.05, 0) is 79.2 Å². The molecule has 0 saturated carbocycles. The minimum Gasteiger partial charge on any atom is -0.340 e. The first kappa shape index (κ1) is 38.9. The molecule has 2 aromatic heterocycles. The lowest BCUT2D eigenvalue weighted by atomic mass is 10.0. The van der Waals surface area contributed by atoms with E-state index in [9.17, 15) is 9.59 Å². The Morgan fingerprint density at radius 1 is 0.712 bits per heavy atom. The Bertz CT molecular complexity index is 2400. The number of likely N-dealkylation sites (tertiary alicyclic amines) is 2. The molecule has 0 aliphatic carbocycles. The molecule has 3 N–H and O–H groups in total. The number of imidazole rings is 2. The van der Waals surface area contributed by atoms with Gasteiger partial charge in [0.25, 0.3) is 0 Å². The Morgan fingerprint density at radius 3 is 1.73 bits per heavy atom. The maximum Gasteiger partial charge on any atom is 0.245 e. The molecule has 6 aromatic rings. The average Bonchev–Trinajstić information content (AvgIpc) is 4.09. The number of amides is 2. The predicted molar refractivity (Wildman–Crippen MR) is 225 cm³/mol. The fraction of sp³-hybridized carbons (Fsp3) is 0.304. The van der Waals surface area contributed by atoms with Gasteiger partial charge in [0.15, 0.2) is 6.79 Å². The highest BCUT2D eigenvalue weighted by molar-refractivity contribution is 6.31. The molecule has 0 unspecified atom stereocenters. The Labute approximate surface area is 348 Å². The molecular weight excluding hydrogens is 764 g/mol. The average molecular weight is 811 g/mol. The van der Waals surface area contributed by atoms with Crippen molar-refractivity contribution >= 4 is 23.4 Å². The van der Waals surface area contributed by atoms with E-state index in [1.165, 1.54) is 0 Å². The number of benzene rings is 4. The van der Waals surface area contributed by atoms with Crippen LogP contribution >= 0.6 is 11.6 Å². The highest BCUT2D eigenvalue weighted by atomic mass is 35.5. The molecule has 4 aromatic carbocycles. The maximum atomic E-state index is 14.1. The number of carbonyl (C=O) groups is 2. The Kier molecular flexibility index (Phi) is 11.1. The van der Waals surface area contributed by atoms with Crippen molar-refractivity contribution in [3.05, 3.63) is 143 Å². The van der Waals surface area contributed by atoms with Gasteiger partial charge < -0.3 is 29.2 Å². The summed E-state index contributed by atoms with van der Waals surface area (Å²) in [7, 11) is 3.91. The van der Waals surface area contributed by atoms with Crippen LogP contribution in [0.1, 0.15) is 72.6 Å². The first-order chi connectivity index (χ1) is 28.8. The first-order valence-corrected chi connectivity index (χ1v) is 20.6. The van der Waals surface area contributed by atoms with Crippen LogP contribution in [0.4, 0.5) is 0 Å². The monoisotopic (exact) mass is 810 g/mol. The van der Waals surface area contributed by atoms with Crippen molar-refractivity contribution in [1.29, 1.82) is 0 Å². The minimum absolute atomic E-state index is 0.0951. The van der Waals surface area contributed by atoms with Crippen molar-refractivity contribution in [1.82, 2.24) is 40.0 Å². The van der Waals surface area contributed by atoms with E-state index in [1.807, 2.05) is 89.7 Å². The van der Waals surface area contributed by atoms with Crippen LogP contribution < -0.4 is 5.32 Å². The second-order valence-electron chi connectivity index (χ2n) is 15.6. The van der Waals surface area contributed by atoms with Gasteiger partial charge in [0, 0.05) is 18.1 Å². The molecule has 9 rings (SSSR count). The topological polar surface area (TPSA) is 132 Å². The Morgan fingerprint density at radius 2 is 1.22 bits per heavy atom. The van der Waals surface area contributed by atoms with Crippen LogP contribution in [0, 0.1) is 0 Å². The van der Waals surface area contributed by atoms with E-state index < -0.39 is 12.5 Å². The number of halogens is 1. The molecule has 12 nitrogen and oxygen atoms in total. The summed E-state index contributed by atoms with van der Waals surface area (Å²) < 4.78 is 10.9. The number of rotatable bonds is 12. The normalized spacial score (nSPS) is 19.3. The van der Waals surface area contributed by atoms with E-state index in [2.05, 4.69) is 63.8 Å². The lowest BCUT2D eigenvalue weighted by Crippen LogP contribution is -2.50. The minimum atomic E-state index is -0.732. The van der Waals surface area contributed by atoms with Gasteiger partial charge in [0.2, 0.25) is 18.2 Å². The second kappa shape index (κ2) is 16.9. The maximum absolute atomic E-state index is 14.1. The quantitative estimate of drug-likeness (QED) is 0.113. The third kappa shape index (κ3) is 7.94. The summed E-state index contributed by atoms with van der Waals surface area (Å²) in [4.78, 5) is 50.5. The van der Waals surface area contributed by atoms with Gasteiger partial charge in [0.05, 0.1) is 35.9 Å². The molecule has 13 heteroatoms. The van der Waals surface area contributed by atoms with Crippen molar-refractivity contribution in [2.45, 2.75) is 56.3 Å². The zero-order chi connectivity index (χ0) is 40.5. The van der Waals surface area contributed by atoms with E-state index in [0.29, 0.717) is 23.7 Å². The summed E-state index contributed by atoms with van der Waals surface area (Å²) >= 11 is 6.56. The highest BCUT2D eigenvalue weighted by Crippen LogP contribution is 2.37. The van der Waals surface area contributed by atoms with Gasteiger partial charge in [-0.1, -0.05) is 109 Å². The number of hydrogen-bond donors (Lipinski definition) is 3. The number of carbonyl (C=O) groups excluding carboxylic acids is 2. The van der Waals surface area contributed by atoms with Gasteiger partial charge in [-0.25, -0.2) is 9.97 Å². The largest absolute Gasteiger partial charge is 0.340 e. The summed E-state index contributed by atoms with van der Waals surface area (Å²) in [5.74, 6) is 1.56. The number of nitrogens with one attached hydrogen (secondary N) is 3. The summed E-state index contributed by atoms with van der Waals surface area (Å²) in [6.45, 7) is 1.50. The lowest BCUT2D eigenvalue weighted by molar-refractivity contribution is -0.335. The van der Waals surface area contributed by atoms with Gasteiger partial charge in [0.1, 0.15) is 23.7 Å². The van der Waals surface area contributed by atoms with Crippen LogP contribution in [0.25, 0.3) is 33.6 Å². The first-order valence-electron chi connectivity index (χ1n) is 20.2. The zero-order valence-electron chi connectivity index (χ0n) is 33.1. The standard InChI is InChI=1S/C46H47ClN8O4/c1-53(2)41(33-10-4-3-5-11-33)45(57)55-25-9-15-39(55)43-49-27-37(51-43)32-22-18-30(19-23-32)29-16-20-31(21-17-29)36-26-48-42(50-36)38-14-8-24-54(38)44(56)40(52-46-58-28-59-46)34-12-6-7-13-35(34)47/h3-7,10-13,16-23,26-27,38-41,46,52H,8-9,14-15,24-25,28H2,1-2H3,(H,48,50)(H,49,51)/t38-,39-,40+,41+/m0/s1. The van der Waals surface area contributed by atoms with Gasteiger partial charge in [-0.2, -0.15) is 0 Å². The fourth-order valence-corrected chi connectivity index (χ4v) is 8.86. The smallest absolute Gasteiger partial charge is 0.245 e. The van der Waals surface area contributed by atoms with Crippen molar-refractivity contribution in [2.75, 3.05) is 34.0 Å². The molecule has 4 atom stereocenters. The number of ether oxygens (including phenoxy) is 2. The van der Waals surface area contributed by atoms with E-state index in [1.54, 1.807) is 6.07 Å². The summed E-state index contributed by atoms with van der Waals surface area (Å²) in [5.41, 5.74) is 7.67. The number of aromatic nitrogens is 4. The summed E-state index contributed by atoms with van der Waals surface area (Å²) in [5, 5.41) is 3.68. The number of H-pyrrole nitrogens is 2. The Hall–Kier alpha value is -5.63. The Balaban J connectivity index is 0.861. The summed E-state index contributed by atoms with van der Waals surface area (Å²) in [6.07, 6.45) is 6.50. The second-order valence-corrected chi connectivity index (χ2v) is 16.0. The molecule has 3 aliphatic heterocycles. The lowest BCUT2D eigenvalue weighted by Gasteiger charge is -2.34. The van der Waals surface area contributed by atoms with Crippen molar-refractivity contribution in [2.24, 2.45) is 0 Å². The van der Waals surface area contributed by atoms with Gasteiger partial charge in [-0.3, -0.25) is 19.8 Å². The number of likely N-dealkylation sites (N-methyl/N-ethyl adjacent to an activating group) is 1. The zero-order valence-corrected chi connectivity index (χ0v) is 33.8. The highest BCUT2D eigenvalue weighted by Gasteiger charge is 2.39. The van der Waals surface area contributed by atoms with Crippen molar-refractivity contribution in [3.63, 3.8) is 0 Å². The van der Waals surface area contributed by atoms with Crippen LogP contribution in [0.2, 0.25) is 5.02 Å². The van der Waals surface area contributed by atoms with E-state index in [4.69, 9.17) is 31.0 Å². The molecule has 5 heterocycles. The molecular formula is C46H47ClN8O4. The van der Waals surface area contributed by atoms with Crippen molar-refractivity contribution in [3.8, 4) is 33.6 Å². The third-order valence-electron chi connectivity index (χ3n) is 11.7. The van der Waals surface area contributed by atoms with E-state index >= 15 is 0 Å². The van der Waals surface area contributed by atoms with Crippen LogP contribution in [0.15, 0.2) is 116 Å². The van der Waals surface area contributed by atoms with Crippen LogP contribution in [-0.4, -0.2) is 86.8 Å². The molecule has 0 bridgehead atoms. The van der Waals surface area contributed by atoms with E-state index in [0.717, 1.165) is 76.5 Å². The molecule has 0 spiro atoms. The number of nitrogens with zero attached hydrogens (tertiary/aromatic N) is 5. The fourth-order valence-electron chi connectivity index (χ4n) is 8.61. The molecule has 59 heavy (non-hydrogen) atoms. The molecule has 3 fully saturated rings. The molecule has 302 valence electrons. The van der Waals surface area contributed by atoms with Crippen LogP contribution in [0.5, 0.6) is 0 Å². The summed E-state index contributed by atoms with van der Waals surface area (Å²) in [6, 6.07) is 32.8. The number of aromatic amines is 2. The third-order valence-corrected chi connectivity index (χ3v) is 12.0. The SMILES string of the molecule is CN(C)[C@@H](C(=O)N1CCC[C@H]1c1ncc(-c2ccc(-c3ccc(-c4cnc([C@@H]5CCCN5C(=O)[C@H](NC5OCO5)c5ccccc5Cl)[nH]4)cc3)cc2)[nH]1)c1ccccc1. The van der Waals surface area contributed by atoms with Gasteiger partial charge >= 0.3 is 0 Å². The van der Waals surface area contributed by atoms with Crippen LogP contribution in [-0.2, 0) is 19.1 Å². The molecule has 2 amide bonds. The van der Waals surface area contributed by atoms with Gasteiger partial charge in [-0.15, -0.1) is 0 Å². The molecule has 0 radical (unpaired) electrons. The predicted octanol–water partition coefficient (Wildman–Crippen LogP) is 8.04. The van der Waals surface area contributed by atoms with Crippen molar-refractivity contribution < 1.29 is 19.1 Å². The molecule has 3 aliphatic rings. The number of hydrogen-bond acceptors (Lipinski definition) is 8. The van der Waals surface area contributed by atoms with Crippen LogP contribution in [0.3, 0.4) is 0 Å². The van der Waals surface area contributed by atoms with E-state index in [-0.39, 0.29) is 36.7 Å².